The van der Waals surface area contributed by atoms with E-state index >= 15 is 0 Å². The fourth-order valence-corrected chi connectivity index (χ4v) is 3.58. The zero-order valence-corrected chi connectivity index (χ0v) is 13.4. The number of ether oxygens (including phenoxy) is 1. The van der Waals surface area contributed by atoms with Crippen LogP contribution in [-0.4, -0.2) is 27.7 Å². The molecule has 2 aromatic carbocycles. The van der Waals surface area contributed by atoms with Gasteiger partial charge >= 0.3 is 0 Å². The number of rotatable bonds is 2. The molecule has 0 unspecified atom stereocenters. The third kappa shape index (κ3) is 1.88. The highest BCUT2D eigenvalue weighted by molar-refractivity contribution is 6.23. The molecule has 0 spiro atoms. The van der Waals surface area contributed by atoms with Gasteiger partial charge in [-0.3, -0.25) is 4.79 Å². The van der Waals surface area contributed by atoms with Crippen molar-refractivity contribution < 1.29 is 9.53 Å². The third-order valence-electron chi connectivity index (χ3n) is 4.69. The monoisotopic (exact) mass is 330 g/mol. The van der Waals surface area contributed by atoms with E-state index in [1.165, 1.54) is 6.33 Å². The van der Waals surface area contributed by atoms with Crippen LogP contribution >= 0.6 is 0 Å². The summed E-state index contributed by atoms with van der Waals surface area (Å²) >= 11 is 0. The van der Waals surface area contributed by atoms with Gasteiger partial charge in [0, 0.05) is 11.1 Å². The van der Waals surface area contributed by atoms with Crippen molar-refractivity contribution in [3.63, 3.8) is 0 Å². The number of Topliss-reactive ketones (excluding diaryl/α,β-unsaturated/α-hetero) is 1. The summed E-state index contributed by atoms with van der Waals surface area (Å²) in [4.78, 5) is 17.4. The van der Waals surface area contributed by atoms with Crippen LogP contribution in [0.1, 0.15) is 27.5 Å². The van der Waals surface area contributed by atoms with Gasteiger partial charge in [-0.1, -0.05) is 36.4 Å². The minimum atomic E-state index is -0.344. The predicted molar refractivity (Wildman–Crippen MR) is 92.5 cm³/mol. The highest BCUT2D eigenvalue weighted by Gasteiger charge is 2.40. The van der Waals surface area contributed by atoms with Crippen LogP contribution in [0.3, 0.4) is 0 Å². The molecule has 0 bridgehead atoms. The lowest BCUT2D eigenvalue weighted by Crippen LogP contribution is -2.25. The van der Waals surface area contributed by atoms with Crippen LogP contribution < -0.4 is 10.1 Å². The number of methoxy groups -OCH3 is 1. The van der Waals surface area contributed by atoms with E-state index in [0.29, 0.717) is 17.1 Å². The minimum Gasteiger partial charge on any atom is -0.497 e. The molecule has 0 saturated carbocycles. The highest BCUT2D eigenvalue weighted by Crippen LogP contribution is 2.44. The average Bonchev–Trinajstić information content (AvgIpc) is 3.24. The number of ketones is 1. The van der Waals surface area contributed by atoms with E-state index in [2.05, 4.69) is 15.4 Å². The van der Waals surface area contributed by atoms with E-state index in [0.717, 1.165) is 22.6 Å². The van der Waals surface area contributed by atoms with Gasteiger partial charge in [-0.2, -0.15) is 10.1 Å². The number of carbonyl (C=O) groups is 1. The normalized spacial score (nSPS) is 17.6. The molecule has 3 aromatic rings. The number of anilines is 1. The number of aromatic nitrogens is 3. The molecule has 6 nitrogen and oxygen atoms in total. The summed E-state index contributed by atoms with van der Waals surface area (Å²) in [6.45, 7) is 0. The van der Waals surface area contributed by atoms with E-state index < -0.39 is 0 Å². The van der Waals surface area contributed by atoms with Crippen molar-refractivity contribution in [2.45, 2.75) is 6.04 Å². The smallest absolute Gasteiger partial charge is 0.226 e. The molecule has 6 heteroatoms. The largest absolute Gasteiger partial charge is 0.497 e. The molecule has 25 heavy (non-hydrogen) atoms. The SMILES string of the molecule is COc1cccc([C@@H]2C3=C(Nc4ncnn42)c2ccccc2C3=O)c1. The lowest BCUT2D eigenvalue weighted by molar-refractivity contribution is 0.102. The van der Waals surface area contributed by atoms with E-state index in [9.17, 15) is 4.79 Å². The van der Waals surface area contributed by atoms with Gasteiger partial charge in [0.25, 0.3) is 0 Å². The van der Waals surface area contributed by atoms with E-state index in [1.54, 1.807) is 11.8 Å². The van der Waals surface area contributed by atoms with Crippen molar-refractivity contribution in [1.29, 1.82) is 0 Å². The van der Waals surface area contributed by atoms with Crippen LogP contribution in [0.4, 0.5) is 5.95 Å². The van der Waals surface area contributed by atoms with Gasteiger partial charge in [0.15, 0.2) is 5.78 Å². The van der Waals surface area contributed by atoms with Gasteiger partial charge in [-0.05, 0) is 17.7 Å². The maximum Gasteiger partial charge on any atom is 0.226 e. The average molecular weight is 330 g/mol. The Kier molecular flexibility index (Phi) is 2.82. The maximum atomic E-state index is 13.1. The Morgan fingerprint density at radius 1 is 1.12 bits per heavy atom. The fourth-order valence-electron chi connectivity index (χ4n) is 3.58. The Balaban J connectivity index is 1.76. The molecule has 1 aromatic heterocycles. The number of nitrogens with zero attached hydrogens (tertiary/aromatic N) is 3. The summed E-state index contributed by atoms with van der Waals surface area (Å²) < 4.78 is 7.10. The van der Waals surface area contributed by atoms with Crippen molar-refractivity contribution in [2.75, 3.05) is 12.4 Å². The molecule has 1 aliphatic carbocycles. The van der Waals surface area contributed by atoms with Gasteiger partial charge in [0.1, 0.15) is 18.1 Å². The second-order valence-corrected chi connectivity index (χ2v) is 6.00. The van der Waals surface area contributed by atoms with Crippen LogP contribution in [0.15, 0.2) is 60.4 Å². The van der Waals surface area contributed by atoms with Gasteiger partial charge < -0.3 is 10.1 Å². The highest BCUT2D eigenvalue weighted by atomic mass is 16.5. The molecule has 0 fully saturated rings. The fraction of sp³-hybridized carbons (Fsp3) is 0.105. The first-order chi connectivity index (χ1) is 12.3. The topological polar surface area (TPSA) is 69.0 Å². The molecular formula is C19H14N4O2. The van der Waals surface area contributed by atoms with Crippen molar-refractivity contribution >= 4 is 17.4 Å². The molecular weight excluding hydrogens is 316 g/mol. The minimum absolute atomic E-state index is 0.0204. The Morgan fingerprint density at radius 2 is 1.96 bits per heavy atom. The number of nitrogens with one attached hydrogen (secondary N) is 1. The number of allylic oxidation sites excluding steroid dienone is 1. The molecule has 2 heterocycles. The van der Waals surface area contributed by atoms with Crippen LogP contribution in [0.25, 0.3) is 5.70 Å². The lowest BCUT2D eigenvalue weighted by atomic mass is 9.94. The number of fused-ring (bicyclic) bond motifs is 3. The zero-order valence-electron chi connectivity index (χ0n) is 13.4. The molecule has 1 N–H and O–H groups in total. The molecule has 1 aliphatic heterocycles. The summed E-state index contributed by atoms with van der Waals surface area (Å²) in [7, 11) is 1.63. The maximum absolute atomic E-state index is 13.1. The van der Waals surface area contributed by atoms with E-state index in [-0.39, 0.29) is 11.8 Å². The summed E-state index contributed by atoms with van der Waals surface area (Å²) in [6, 6.07) is 15.0. The lowest BCUT2D eigenvalue weighted by Gasteiger charge is -2.26. The zero-order chi connectivity index (χ0) is 17.0. The summed E-state index contributed by atoms with van der Waals surface area (Å²) in [5.74, 6) is 1.38. The van der Waals surface area contributed by atoms with E-state index in [1.807, 2.05) is 48.5 Å². The van der Waals surface area contributed by atoms with Crippen LogP contribution in [0.2, 0.25) is 0 Å². The molecule has 5 rings (SSSR count). The Morgan fingerprint density at radius 3 is 2.80 bits per heavy atom. The second kappa shape index (κ2) is 5.04. The number of hydrogen-bond acceptors (Lipinski definition) is 5. The molecule has 1 atom stereocenters. The first-order valence-electron chi connectivity index (χ1n) is 7.96. The quantitative estimate of drug-likeness (QED) is 0.782. The third-order valence-corrected chi connectivity index (χ3v) is 4.69. The van der Waals surface area contributed by atoms with Crippen LogP contribution in [-0.2, 0) is 0 Å². The van der Waals surface area contributed by atoms with E-state index in [4.69, 9.17) is 4.74 Å². The van der Waals surface area contributed by atoms with Crippen LogP contribution in [0.5, 0.6) is 5.75 Å². The number of benzene rings is 2. The summed E-state index contributed by atoms with van der Waals surface area (Å²) in [5.41, 5.74) is 4.05. The Bertz CT molecular complexity index is 1050. The first kappa shape index (κ1) is 14.0. The van der Waals surface area contributed by atoms with Crippen molar-refractivity contribution in [3.8, 4) is 5.75 Å². The van der Waals surface area contributed by atoms with Crippen LogP contribution in [0, 0.1) is 0 Å². The number of carbonyl (C=O) groups excluding carboxylic acids is 1. The molecule has 0 amide bonds. The molecule has 122 valence electrons. The molecule has 2 aliphatic rings. The van der Waals surface area contributed by atoms with Crippen molar-refractivity contribution in [2.24, 2.45) is 0 Å². The first-order valence-corrected chi connectivity index (χ1v) is 7.96. The van der Waals surface area contributed by atoms with Gasteiger partial charge in [-0.15, -0.1) is 0 Å². The summed E-state index contributed by atoms with van der Waals surface area (Å²) in [5, 5.41) is 7.61. The molecule has 0 saturated heterocycles. The van der Waals surface area contributed by atoms with Crippen molar-refractivity contribution in [3.05, 3.63) is 77.1 Å². The number of hydrogen-bond donors (Lipinski definition) is 1. The van der Waals surface area contributed by atoms with Gasteiger partial charge in [0.2, 0.25) is 5.95 Å². The predicted octanol–water partition coefficient (Wildman–Crippen LogP) is 2.91. The summed E-state index contributed by atoms with van der Waals surface area (Å²) in [6.07, 6.45) is 1.49. The van der Waals surface area contributed by atoms with Gasteiger partial charge in [-0.25, -0.2) is 4.68 Å². The van der Waals surface area contributed by atoms with Crippen molar-refractivity contribution in [1.82, 2.24) is 14.8 Å². The Hall–Kier alpha value is -3.41. The second-order valence-electron chi connectivity index (χ2n) is 6.00. The Labute approximate surface area is 143 Å². The standard InChI is InChI=1S/C19H14N4O2/c1-25-12-6-4-5-11(9-12)17-15-16(22-19-20-10-21-23(17)19)13-7-2-3-8-14(13)18(15)24/h2-10,17H,1H3,(H,20,21,22)/t17-/m1/s1. The molecule has 0 radical (unpaired) electrons. The van der Waals surface area contributed by atoms with Gasteiger partial charge in [0.05, 0.1) is 18.4 Å².